The summed E-state index contributed by atoms with van der Waals surface area (Å²) < 4.78 is 16.9. The molecule has 1 atom stereocenters. The SMILES string of the molecule is CC/C=C\C/C=C\C/C=C\C/C=C\CCCCCCCCCCCCCCC(=O)OCC(COC(=O)CCCCCCC/C=C\CCC)OC(=O)CCCCCCCC/C=C\C/C=C\C/C=C\CCCCCCC. The number of unbranched alkanes of at least 4 members (excludes halogenated alkanes) is 29. The predicted molar refractivity (Wildman–Crippen MR) is 320 cm³/mol. The van der Waals surface area contributed by atoms with Crippen LogP contribution in [0.3, 0.4) is 0 Å². The Labute approximate surface area is 457 Å². The van der Waals surface area contributed by atoms with E-state index in [4.69, 9.17) is 14.2 Å². The van der Waals surface area contributed by atoms with E-state index in [0.717, 1.165) is 122 Å². The summed E-state index contributed by atoms with van der Waals surface area (Å²) in [6, 6.07) is 0. The van der Waals surface area contributed by atoms with E-state index in [9.17, 15) is 14.4 Å². The number of esters is 3. The van der Waals surface area contributed by atoms with Gasteiger partial charge in [0.05, 0.1) is 0 Å². The largest absolute Gasteiger partial charge is 0.462 e. The maximum atomic E-state index is 12.9. The molecule has 6 nitrogen and oxygen atoms in total. The molecule has 0 bridgehead atoms. The van der Waals surface area contributed by atoms with Crippen molar-refractivity contribution in [1.82, 2.24) is 0 Å². The van der Waals surface area contributed by atoms with E-state index in [2.05, 4.69) is 118 Å². The van der Waals surface area contributed by atoms with Gasteiger partial charge in [-0.15, -0.1) is 0 Å². The Bertz CT molecular complexity index is 1460. The van der Waals surface area contributed by atoms with Gasteiger partial charge in [0, 0.05) is 19.3 Å². The number of carbonyl (C=O) groups is 3. The van der Waals surface area contributed by atoms with Gasteiger partial charge in [-0.3, -0.25) is 14.4 Å². The summed E-state index contributed by atoms with van der Waals surface area (Å²) in [5.41, 5.74) is 0. The van der Waals surface area contributed by atoms with Gasteiger partial charge in [0.2, 0.25) is 0 Å². The van der Waals surface area contributed by atoms with E-state index in [1.165, 1.54) is 135 Å². The molecular formula is C68H116O6. The molecule has 0 radical (unpaired) electrons. The smallest absolute Gasteiger partial charge is 0.306 e. The van der Waals surface area contributed by atoms with Gasteiger partial charge >= 0.3 is 17.9 Å². The minimum Gasteiger partial charge on any atom is -0.462 e. The molecule has 0 amide bonds. The third-order valence-corrected chi connectivity index (χ3v) is 13.3. The molecule has 0 aromatic heterocycles. The Kier molecular flexibility index (Phi) is 58.8. The zero-order valence-corrected chi connectivity index (χ0v) is 48.6. The molecule has 0 aromatic rings. The van der Waals surface area contributed by atoms with Gasteiger partial charge in [-0.25, -0.2) is 0 Å². The zero-order valence-electron chi connectivity index (χ0n) is 48.6. The van der Waals surface area contributed by atoms with Crippen molar-refractivity contribution in [1.29, 1.82) is 0 Å². The molecule has 0 aromatic carbocycles. The van der Waals surface area contributed by atoms with Crippen LogP contribution in [0.4, 0.5) is 0 Å². The summed E-state index contributed by atoms with van der Waals surface area (Å²) in [7, 11) is 0. The van der Waals surface area contributed by atoms with E-state index < -0.39 is 6.10 Å². The maximum absolute atomic E-state index is 12.9. The van der Waals surface area contributed by atoms with E-state index in [1.807, 2.05) is 0 Å². The van der Waals surface area contributed by atoms with Crippen molar-refractivity contribution in [2.75, 3.05) is 13.2 Å². The highest BCUT2D eigenvalue weighted by Crippen LogP contribution is 2.16. The van der Waals surface area contributed by atoms with Crippen LogP contribution in [0.1, 0.15) is 297 Å². The average molecular weight is 1030 g/mol. The van der Waals surface area contributed by atoms with Crippen molar-refractivity contribution in [3.63, 3.8) is 0 Å². The van der Waals surface area contributed by atoms with Crippen LogP contribution >= 0.6 is 0 Å². The molecule has 0 saturated carbocycles. The highest BCUT2D eigenvalue weighted by molar-refractivity contribution is 5.71. The molecule has 74 heavy (non-hydrogen) atoms. The summed E-state index contributed by atoms with van der Waals surface area (Å²) >= 11 is 0. The Balaban J connectivity index is 4.28. The topological polar surface area (TPSA) is 78.9 Å². The lowest BCUT2D eigenvalue weighted by Gasteiger charge is -2.18. The minimum atomic E-state index is -0.789. The zero-order chi connectivity index (χ0) is 53.6. The summed E-state index contributed by atoms with van der Waals surface area (Å²) in [6.45, 7) is 6.45. The number of rotatable bonds is 56. The lowest BCUT2D eigenvalue weighted by Crippen LogP contribution is -2.30. The molecule has 0 rings (SSSR count). The molecule has 0 saturated heterocycles. The van der Waals surface area contributed by atoms with Gasteiger partial charge in [0.25, 0.3) is 0 Å². The maximum Gasteiger partial charge on any atom is 0.306 e. The fraction of sp³-hybridized carbons (Fsp3) is 0.721. The van der Waals surface area contributed by atoms with Crippen LogP contribution in [0, 0.1) is 0 Å². The van der Waals surface area contributed by atoms with Crippen molar-refractivity contribution >= 4 is 17.9 Å². The second-order valence-corrected chi connectivity index (χ2v) is 20.6. The summed E-state index contributed by atoms with van der Waals surface area (Å²) in [6.07, 6.45) is 82.7. The van der Waals surface area contributed by atoms with E-state index in [1.54, 1.807) is 0 Å². The molecular weight excluding hydrogens is 913 g/mol. The summed E-state index contributed by atoms with van der Waals surface area (Å²) in [5.74, 6) is -0.905. The number of ether oxygens (including phenoxy) is 3. The molecule has 0 aliphatic carbocycles. The first-order valence-corrected chi connectivity index (χ1v) is 31.2. The fourth-order valence-corrected chi connectivity index (χ4v) is 8.62. The van der Waals surface area contributed by atoms with Gasteiger partial charge in [-0.05, 0) is 116 Å². The van der Waals surface area contributed by atoms with Gasteiger partial charge in [0.15, 0.2) is 6.10 Å². The molecule has 6 heteroatoms. The number of hydrogen-bond donors (Lipinski definition) is 0. The van der Waals surface area contributed by atoms with Crippen LogP contribution in [0.15, 0.2) is 97.2 Å². The molecule has 0 spiro atoms. The van der Waals surface area contributed by atoms with E-state index >= 15 is 0 Å². The van der Waals surface area contributed by atoms with Crippen molar-refractivity contribution in [2.45, 2.75) is 303 Å². The third-order valence-electron chi connectivity index (χ3n) is 13.3. The first-order chi connectivity index (χ1) is 36.5. The normalized spacial score (nSPS) is 12.7. The molecule has 1 unspecified atom stereocenters. The lowest BCUT2D eigenvalue weighted by molar-refractivity contribution is -0.167. The highest BCUT2D eigenvalue weighted by Gasteiger charge is 2.19. The van der Waals surface area contributed by atoms with Crippen LogP contribution in [0.25, 0.3) is 0 Å². The molecule has 424 valence electrons. The predicted octanol–water partition coefficient (Wildman–Crippen LogP) is 21.3. The third kappa shape index (κ3) is 59.2. The average Bonchev–Trinajstić information content (AvgIpc) is 3.40. The van der Waals surface area contributed by atoms with Crippen molar-refractivity contribution in [3.05, 3.63) is 97.2 Å². The van der Waals surface area contributed by atoms with Crippen molar-refractivity contribution in [3.8, 4) is 0 Å². The molecule has 0 aliphatic rings. The second kappa shape index (κ2) is 61.9. The van der Waals surface area contributed by atoms with Crippen molar-refractivity contribution in [2.24, 2.45) is 0 Å². The first-order valence-electron chi connectivity index (χ1n) is 31.2. The second-order valence-electron chi connectivity index (χ2n) is 20.6. The van der Waals surface area contributed by atoms with Gasteiger partial charge in [-0.1, -0.05) is 259 Å². The molecule has 0 fully saturated rings. The molecule has 0 aliphatic heterocycles. The van der Waals surface area contributed by atoms with Gasteiger partial charge in [0.1, 0.15) is 13.2 Å². The number of allylic oxidation sites excluding steroid dienone is 16. The molecule has 0 heterocycles. The van der Waals surface area contributed by atoms with Gasteiger partial charge in [-0.2, -0.15) is 0 Å². The van der Waals surface area contributed by atoms with E-state index in [-0.39, 0.29) is 31.1 Å². The monoisotopic (exact) mass is 1030 g/mol. The number of hydrogen-bond acceptors (Lipinski definition) is 6. The number of carbonyl (C=O) groups excluding carboxylic acids is 3. The summed E-state index contributed by atoms with van der Waals surface area (Å²) in [5, 5.41) is 0. The fourth-order valence-electron chi connectivity index (χ4n) is 8.62. The Hall–Kier alpha value is -3.67. The first kappa shape index (κ1) is 70.3. The highest BCUT2D eigenvalue weighted by atomic mass is 16.6. The Morgan fingerprint density at radius 1 is 0.284 bits per heavy atom. The Morgan fingerprint density at radius 2 is 0.554 bits per heavy atom. The van der Waals surface area contributed by atoms with Crippen LogP contribution in [-0.2, 0) is 28.6 Å². The van der Waals surface area contributed by atoms with Crippen LogP contribution in [0.2, 0.25) is 0 Å². The van der Waals surface area contributed by atoms with Crippen molar-refractivity contribution < 1.29 is 28.6 Å². The minimum absolute atomic E-state index is 0.0861. The summed E-state index contributed by atoms with van der Waals surface area (Å²) in [4.78, 5) is 38.2. The van der Waals surface area contributed by atoms with Crippen LogP contribution < -0.4 is 0 Å². The lowest BCUT2D eigenvalue weighted by atomic mass is 10.0. The van der Waals surface area contributed by atoms with Gasteiger partial charge < -0.3 is 14.2 Å². The van der Waals surface area contributed by atoms with Crippen LogP contribution in [0.5, 0.6) is 0 Å². The Morgan fingerprint density at radius 3 is 0.892 bits per heavy atom. The quantitative estimate of drug-likeness (QED) is 0.0261. The standard InChI is InChI=1S/C68H116O6/c1-4-7-10-13-16-19-22-24-26-28-30-32-33-34-35-37-38-40-42-44-46-49-52-55-58-61-67(70)73-64-65(63-72-66(69)60-57-54-51-48-21-18-15-12-9-6-3)74-68(71)62-59-56-53-50-47-45-43-41-39-36-31-29-27-25-23-20-17-14-11-8-5-2/h7,10,12,15-16,19,23-26,29-32,39,41,65H,4-6,8-9,11,13-14,17-18,20-22,27-28,33-38,40,42-64H2,1-3H3/b10-7-,15-12-,19-16-,25-23-,26-24-,31-29-,32-30-,41-39-. The van der Waals surface area contributed by atoms with Crippen LogP contribution in [-0.4, -0.2) is 37.2 Å². The molecule has 0 N–H and O–H groups in total. The van der Waals surface area contributed by atoms with E-state index in [0.29, 0.717) is 19.3 Å².